The van der Waals surface area contributed by atoms with Gasteiger partial charge in [0.1, 0.15) is 13.2 Å². The monoisotopic (exact) mass is 406 g/mol. The molecule has 0 fully saturated rings. The number of fused-ring (bicyclic) bond motifs is 1. The van der Waals surface area contributed by atoms with Crippen LogP contribution in [0.5, 0.6) is 17.2 Å². The van der Waals surface area contributed by atoms with E-state index in [1.807, 2.05) is 0 Å². The molecule has 1 heterocycles. The van der Waals surface area contributed by atoms with Crippen LogP contribution in [-0.2, 0) is 25.4 Å². The summed E-state index contributed by atoms with van der Waals surface area (Å²) < 4.78 is 15.1. The van der Waals surface area contributed by atoms with Gasteiger partial charge in [0.05, 0.1) is 18.8 Å². The number of carbonyl (C=O) groups excluding carboxylic acids is 2. The first kappa shape index (κ1) is 21.5. The van der Waals surface area contributed by atoms with Gasteiger partial charge in [-0.15, -0.1) is 6.42 Å². The van der Waals surface area contributed by atoms with Gasteiger partial charge >= 0.3 is 11.9 Å². The minimum atomic E-state index is -0.976. The summed E-state index contributed by atoms with van der Waals surface area (Å²) in [4.78, 5) is 24.7. The van der Waals surface area contributed by atoms with Crippen LogP contribution in [0.4, 0.5) is 0 Å². The van der Waals surface area contributed by atoms with Crippen LogP contribution < -0.4 is 0 Å². The molecule has 0 spiro atoms. The highest BCUT2D eigenvalue weighted by atomic mass is 16.6. The highest BCUT2D eigenvalue weighted by Crippen LogP contribution is 2.41. The Bertz CT molecular complexity index is 920. The molecule has 0 aliphatic carbocycles. The minimum Gasteiger partial charge on any atom is -0.504 e. The third-order valence-corrected chi connectivity index (χ3v) is 3.82. The van der Waals surface area contributed by atoms with Gasteiger partial charge in [-0.3, -0.25) is 0 Å². The van der Waals surface area contributed by atoms with Crippen LogP contribution in [0.25, 0.3) is 0 Å². The third kappa shape index (κ3) is 5.12. The number of benzene rings is 1. The van der Waals surface area contributed by atoms with E-state index in [1.54, 1.807) is 5.92 Å². The van der Waals surface area contributed by atoms with Gasteiger partial charge in [0.2, 0.25) is 11.5 Å². The number of phenols is 3. The maximum absolute atomic E-state index is 12.4. The fourth-order valence-corrected chi connectivity index (χ4v) is 2.38. The fraction of sp³-hybridized carbons (Fsp3) is 0.263. The molecule has 10 heteroatoms. The molecule has 0 bridgehead atoms. The number of hydrogen-bond donors (Lipinski definition) is 5. The van der Waals surface area contributed by atoms with Gasteiger partial charge in [-0.05, 0) is 18.1 Å². The number of aromatic hydroxyl groups is 3. The molecule has 2 rings (SSSR count). The number of terminal acetylenes is 1. The molecule has 10 nitrogen and oxygen atoms in total. The van der Waals surface area contributed by atoms with Crippen molar-refractivity contribution < 1.29 is 49.3 Å². The summed E-state index contributed by atoms with van der Waals surface area (Å²) in [5.74, 6) is -4.48. The fourth-order valence-electron chi connectivity index (χ4n) is 2.38. The molecule has 1 aromatic carbocycles. The SMILES string of the molecule is C#C/C(O)=C(O)\C=C1/Cc2c(cc(O)c(O)c2O)C(=O)OCCOCCOC1=O. The van der Waals surface area contributed by atoms with Crippen LogP contribution in [0, 0.1) is 12.3 Å². The van der Waals surface area contributed by atoms with E-state index in [2.05, 4.69) is 0 Å². The van der Waals surface area contributed by atoms with Crippen molar-refractivity contribution in [3.8, 4) is 29.6 Å². The van der Waals surface area contributed by atoms with Crippen LogP contribution >= 0.6 is 0 Å². The van der Waals surface area contributed by atoms with Crippen molar-refractivity contribution >= 4 is 11.9 Å². The number of ether oxygens (including phenoxy) is 3. The lowest BCUT2D eigenvalue weighted by atomic mass is 9.97. The standard InChI is InChI=1S/C19H18O10/c1-2-13(20)14(21)8-10-7-11-12(9-15(22)17(24)16(11)23)19(26)29-6-4-27-3-5-28-18(10)25/h1,8-9,20-24H,3-7H2/b10-8+,14-13-. The molecule has 5 N–H and O–H groups in total. The number of hydrogen-bond acceptors (Lipinski definition) is 10. The second-order valence-corrected chi connectivity index (χ2v) is 5.73. The summed E-state index contributed by atoms with van der Waals surface area (Å²) in [6.07, 6.45) is 5.22. The quantitative estimate of drug-likeness (QED) is 0.149. The molecule has 0 radical (unpaired) electrons. The van der Waals surface area contributed by atoms with Crippen molar-refractivity contribution in [1.29, 1.82) is 0 Å². The van der Waals surface area contributed by atoms with Gasteiger partial charge in [-0.2, -0.15) is 0 Å². The number of phenolic OH excluding ortho intramolecular Hbond substituents is 3. The molecule has 0 saturated carbocycles. The smallest absolute Gasteiger partial charge is 0.338 e. The second-order valence-electron chi connectivity index (χ2n) is 5.73. The topological polar surface area (TPSA) is 163 Å². The van der Waals surface area contributed by atoms with Gasteiger partial charge < -0.3 is 39.7 Å². The van der Waals surface area contributed by atoms with Gasteiger partial charge in [0.15, 0.2) is 17.3 Å². The van der Waals surface area contributed by atoms with E-state index < -0.39 is 47.1 Å². The van der Waals surface area contributed by atoms with E-state index in [1.165, 1.54) is 0 Å². The Balaban J connectivity index is 2.64. The number of carbonyl (C=O) groups is 2. The Hall–Kier alpha value is -3.84. The Morgan fingerprint density at radius 1 is 1.00 bits per heavy atom. The number of cyclic esters (lactones) is 2. The van der Waals surface area contributed by atoms with Gasteiger partial charge in [0.25, 0.3) is 0 Å². The minimum absolute atomic E-state index is 0.00304. The molecule has 29 heavy (non-hydrogen) atoms. The molecule has 0 saturated heterocycles. The van der Waals surface area contributed by atoms with E-state index in [0.29, 0.717) is 0 Å². The average molecular weight is 406 g/mol. The summed E-state index contributed by atoms with van der Waals surface area (Å²) in [6, 6.07) is 0.852. The van der Waals surface area contributed by atoms with E-state index in [-0.39, 0.29) is 43.1 Å². The Labute approximate surface area is 164 Å². The van der Waals surface area contributed by atoms with E-state index in [4.69, 9.17) is 20.6 Å². The zero-order chi connectivity index (χ0) is 21.6. The largest absolute Gasteiger partial charge is 0.504 e. The molecule has 1 aliphatic heterocycles. The zero-order valence-corrected chi connectivity index (χ0v) is 15.0. The normalized spacial score (nSPS) is 18.1. The van der Waals surface area contributed by atoms with E-state index in [0.717, 1.165) is 12.1 Å². The molecule has 154 valence electrons. The number of esters is 2. The summed E-state index contributed by atoms with van der Waals surface area (Å²) in [6.45, 7) is -0.336. The van der Waals surface area contributed by atoms with Crippen molar-refractivity contribution in [3.05, 3.63) is 40.4 Å². The summed E-state index contributed by atoms with van der Waals surface area (Å²) in [5, 5.41) is 49.0. The second kappa shape index (κ2) is 9.38. The van der Waals surface area contributed by atoms with Gasteiger partial charge in [-0.25, -0.2) is 9.59 Å². The predicted molar refractivity (Wildman–Crippen MR) is 96.4 cm³/mol. The number of rotatable bonds is 1. The highest BCUT2D eigenvalue weighted by Gasteiger charge is 2.26. The lowest BCUT2D eigenvalue weighted by Gasteiger charge is -2.14. The Morgan fingerprint density at radius 2 is 1.62 bits per heavy atom. The average Bonchev–Trinajstić information content (AvgIpc) is 2.71. The summed E-state index contributed by atoms with van der Waals surface area (Å²) >= 11 is 0. The van der Waals surface area contributed by atoms with Crippen LogP contribution in [0.1, 0.15) is 15.9 Å². The van der Waals surface area contributed by atoms with Crippen molar-refractivity contribution in [2.45, 2.75) is 6.42 Å². The predicted octanol–water partition coefficient (Wildman–Crippen LogP) is 0.963. The van der Waals surface area contributed by atoms with Crippen molar-refractivity contribution in [3.63, 3.8) is 0 Å². The van der Waals surface area contributed by atoms with Gasteiger partial charge in [0, 0.05) is 17.6 Å². The molecule has 0 amide bonds. The molecule has 1 aliphatic rings. The Kier molecular flexibility index (Phi) is 6.94. The molecular weight excluding hydrogens is 388 g/mol. The lowest BCUT2D eigenvalue weighted by molar-refractivity contribution is -0.140. The molecule has 1 aromatic rings. The highest BCUT2D eigenvalue weighted by molar-refractivity contribution is 5.95. The van der Waals surface area contributed by atoms with Crippen LogP contribution in [0.2, 0.25) is 0 Å². The van der Waals surface area contributed by atoms with Crippen molar-refractivity contribution in [2.24, 2.45) is 0 Å². The first-order valence-electron chi connectivity index (χ1n) is 8.24. The molecule has 0 unspecified atom stereocenters. The van der Waals surface area contributed by atoms with Crippen molar-refractivity contribution in [1.82, 2.24) is 0 Å². The van der Waals surface area contributed by atoms with Gasteiger partial charge in [-0.1, -0.05) is 0 Å². The molecular formula is C19H18O10. The van der Waals surface area contributed by atoms with Crippen LogP contribution in [0.3, 0.4) is 0 Å². The summed E-state index contributed by atoms with van der Waals surface area (Å²) in [7, 11) is 0. The van der Waals surface area contributed by atoms with E-state index >= 15 is 0 Å². The number of aliphatic hydroxyl groups is 2. The molecule has 0 aromatic heterocycles. The maximum atomic E-state index is 12.4. The summed E-state index contributed by atoms with van der Waals surface area (Å²) in [5.41, 5.74) is -0.972. The van der Waals surface area contributed by atoms with Crippen molar-refractivity contribution in [2.75, 3.05) is 26.4 Å². The number of aliphatic hydroxyl groups excluding tert-OH is 2. The Morgan fingerprint density at radius 3 is 2.24 bits per heavy atom. The third-order valence-electron chi connectivity index (χ3n) is 3.82. The zero-order valence-electron chi connectivity index (χ0n) is 15.0. The van der Waals surface area contributed by atoms with Crippen LogP contribution in [-0.4, -0.2) is 63.9 Å². The maximum Gasteiger partial charge on any atom is 0.338 e. The molecule has 0 atom stereocenters. The van der Waals surface area contributed by atoms with Crippen LogP contribution in [0.15, 0.2) is 29.2 Å². The first-order valence-corrected chi connectivity index (χ1v) is 8.24. The van der Waals surface area contributed by atoms with E-state index in [9.17, 15) is 35.1 Å². The lowest BCUT2D eigenvalue weighted by Crippen LogP contribution is -2.15. The number of allylic oxidation sites excluding steroid dienone is 2. The first-order chi connectivity index (χ1) is 13.8.